The number of alkyl halides is 3. The minimum Gasteiger partial charge on any atom is -0.476 e. The Hall–Kier alpha value is -3.43. The highest BCUT2D eigenvalue weighted by Gasteiger charge is 2.50. The minimum absolute atomic E-state index is 0.0740. The summed E-state index contributed by atoms with van der Waals surface area (Å²) < 4.78 is 44.5. The summed E-state index contributed by atoms with van der Waals surface area (Å²) in [6.45, 7) is 8.85. The SMILES string of the molecule is CSc1nc2cc(Cl)nc(OCCNCCO[Si](c3ccccc3)(c3ccccc3)C(C)(C)C)c2c(=O)[nH]1.O=C(O)C(F)(F)F. The largest absolute Gasteiger partial charge is 0.490 e. The molecule has 0 aliphatic heterocycles. The lowest BCUT2D eigenvalue weighted by atomic mass is 10.2. The molecule has 2 aromatic carbocycles. The number of hydrogen-bond acceptors (Lipinski definition) is 8. The van der Waals surface area contributed by atoms with Gasteiger partial charge in [0.05, 0.1) is 5.52 Å². The van der Waals surface area contributed by atoms with Crippen LogP contribution in [0.25, 0.3) is 10.9 Å². The van der Waals surface area contributed by atoms with Gasteiger partial charge in [0, 0.05) is 25.8 Å². The van der Waals surface area contributed by atoms with Gasteiger partial charge in [-0.05, 0) is 21.7 Å². The number of fused-ring (bicyclic) bond motifs is 1. The molecule has 4 rings (SSSR count). The van der Waals surface area contributed by atoms with E-state index in [1.54, 1.807) is 6.07 Å². The molecule has 0 radical (unpaired) electrons. The topological polar surface area (TPSA) is 126 Å². The highest BCUT2D eigenvalue weighted by molar-refractivity contribution is 7.98. The Labute approximate surface area is 268 Å². The van der Waals surface area contributed by atoms with Crippen molar-refractivity contribution in [3.05, 3.63) is 82.2 Å². The quantitative estimate of drug-likeness (QED) is 0.0668. The standard InChI is InChI=1S/C28H33ClN4O3SSi.C2HF3O2/c1-28(2,3)38(20-11-7-5-8-12-20,21-13-9-6-10-14-21)36-18-16-30-15-17-35-26-24-22(19-23(29)32-26)31-27(37-4)33-25(24)34;3-2(4,5)1(6)7/h5-14,19,30H,15-18H2,1-4H3,(H,31,33,34);(H,6,7). The normalized spacial score (nSPS) is 12.0. The molecular weight excluding hydrogens is 649 g/mol. The van der Waals surface area contributed by atoms with Crippen molar-refractivity contribution in [3.63, 3.8) is 0 Å². The lowest BCUT2D eigenvalue weighted by molar-refractivity contribution is -0.192. The lowest BCUT2D eigenvalue weighted by Crippen LogP contribution is -2.67. The average Bonchev–Trinajstić information content (AvgIpc) is 2.98. The number of aromatic amines is 1. The maximum atomic E-state index is 12.6. The van der Waals surface area contributed by atoms with Crippen molar-refractivity contribution >= 4 is 58.9 Å². The molecule has 15 heteroatoms. The van der Waals surface area contributed by atoms with Gasteiger partial charge >= 0.3 is 12.1 Å². The Bertz CT molecular complexity index is 1580. The van der Waals surface area contributed by atoms with Crippen LogP contribution in [-0.2, 0) is 9.22 Å². The first kappa shape index (κ1) is 36.0. The zero-order chi connectivity index (χ0) is 33.3. The molecule has 3 N–H and O–H groups in total. The van der Waals surface area contributed by atoms with Gasteiger partial charge in [0.2, 0.25) is 5.88 Å². The van der Waals surface area contributed by atoms with Gasteiger partial charge in [0.25, 0.3) is 13.9 Å². The second kappa shape index (κ2) is 15.7. The monoisotopic (exact) mass is 682 g/mol. The molecule has 2 heterocycles. The van der Waals surface area contributed by atoms with Crippen LogP contribution in [0.5, 0.6) is 5.88 Å². The van der Waals surface area contributed by atoms with E-state index in [2.05, 4.69) is 89.6 Å². The van der Waals surface area contributed by atoms with Crippen LogP contribution in [0.2, 0.25) is 10.2 Å². The van der Waals surface area contributed by atoms with E-state index in [0.29, 0.717) is 42.4 Å². The van der Waals surface area contributed by atoms with Crippen molar-refractivity contribution in [1.29, 1.82) is 0 Å². The maximum Gasteiger partial charge on any atom is 0.490 e. The molecule has 0 aliphatic rings. The van der Waals surface area contributed by atoms with E-state index < -0.39 is 20.5 Å². The number of rotatable bonds is 11. The van der Waals surface area contributed by atoms with Crippen molar-refractivity contribution < 1.29 is 32.2 Å². The number of thioether (sulfide) groups is 1. The van der Waals surface area contributed by atoms with Crippen molar-refractivity contribution in [2.24, 2.45) is 0 Å². The van der Waals surface area contributed by atoms with Crippen LogP contribution >= 0.6 is 23.4 Å². The number of aliphatic carboxylic acids is 1. The summed E-state index contributed by atoms with van der Waals surface area (Å²) in [5.41, 5.74) is 0.157. The molecule has 0 saturated carbocycles. The predicted molar refractivity (Wildman–Crippen MR) is 173 cm³/mol. The third-order valence-electron chi connectivity index (χ3n) is 6.57. The van der Waals surface area contributed by atoms with Crippen molar-refractivity contribution in [2.75, 3.05) is 32.6 Å². The van der Waals surface area contributed by atoms with Gasteiger partial charge in [-0.1, -0.05) is 105 Å². The fourth-order valence-corrected chi connectivity index (χ4v) is 9.79. The summed E-state index contributed by atoms with van der Waals surface area (Å²) in [6, 6.07) is 22.7. The number of nitrogens with zero attached hydrogens (tertiary/aromatic N) is 2. The number of nitrogens with one attached hydrogen (secondary N) is 2. The van der Waals surface area contributed by atoms with Crippen LogP contribution in [-0.4, -0.2) is 73.1 Å². The maximum absolute atomic E-state index is 12.6. The number of carbonyl (C=O) groups is 1. The van der Waals surface area contributed by atoms with Crippen LogP contribution in [0.1, 0.15) is 20.8 Å². The average molecular weight is 683 g/mol. The third-order valence-corrected chi connectivity index (χ3v) is 12.4. The number of halogens is 4. The molecule has 0 atom stereocenters. The number of carboxylic acid groups (broad SMARTS) is 1. The number of hydrogen-bond donors (Lipinski definition) is 3. The highest BCUT2D eigenvalue weighted by Crippen LogP contribution is 2.36. The molecule has 45 heavy (non-hydrogen) atoms. The first-order valence-electron chi connectivity index (χ1n) is 13.7. The van der Waals surface area contributed by atoms with Gasteiger partial charge in [-0.2, -0.15) is 13.2 Å². The number of benzene rings is 2. The van der Waals surface area contributed by atoms with Crippen molar-refractivity contribution in [2.45, 2.75) is 37.1 Å². The summed E-state index contributed by atoms with van der Waals surface area (Å²) in [5.74, 6) is -2.58. The molecule has 4 aromatic rings. The van der Waals surface area contributed by atoms with Crippen molar-refractivity contribution in [3.8, 4) is 5.88 Å². The van der Waals surface area contributed by atoms with E-state index in [1.165, 1.54) is 22.1 Å². The van der Waals surface area contributed by atoms with Crippen LogP contribution in [0, 0.1) is 0 Å². The Morgan fingerprint density at radius 3 is 2.02 bits per heavy atom. The van der Waals surface area contributed by atoms with Gasteiger partial charge in [-0.3, -0.25) is 4.79 Å². The number of aromatic nitrogens is 3. The molecule has 0 amide bonds. The van der Waals surface area contributed by atoms with Crippen LogP contribution < -0.4 is 26.0 Å². The third kappa shape index (κ3) is 9.30. The Balaban J connectivity index is 0.000000707. The molecule has 0 fully saturated rings. The predicted octanol–water partition coefficient (Wildman–Crippen LogP) is 4.87. The number of carboxylic acids is 1. The number of H-pyrrole nitrogens is 1. The zero-order valence-corrected chi connectivity index (χ0v) is 27.6. The van der Waals surface area contributed by atoms with E-state index in [9.17, 15) is 18.0 Å². The van der Waals surface area contributed by atoms with Gasteiger partial charge in [0.1, 0.15) is 17.1 Å². The van der Waals surface area contributed by atoms with Gasteiger partial charge in [0.15, 0.2) is 5.16 Å². The summed E-state index contributed by atoms with van der Waals surface area (Å²) >= 11 is 7.50. The zero-order valence-electron chi connectivity index (χ0n) is 25.1. The molecule has 0 spiro atoms. The first-order valence-corrected chi connectivity index (χ1v) is 17.2. The molecule has 0 bridgehead atoms. The lowest BCUT2D eigenvalue weighted by Gasteiger charge is -2.43. The Morgan fingerprint density at radius 1 is 1.00 bits per heavy atom. The van der Waals surface area contributed by atoms with Gasteiger partial charge < -0.3 is 24.6 Å². The molecule has 0 aliphatic carbocycles. The molecular formula is C30H34ClF3N4O5SSi. The van der Waals surface area contributed by atoms with E-state index in [0.717, 1.165) is 0 Å². The number of ether oxygens (including phenoxy) is 1. The second-order valence-corrected chi connectivity index (χ2v) is 16.1. The number of pyridine rings is 1. The second-order valence-electron chi connectivity index (χ2n) is 10.6. The fourth-order valence-electron chi connectivity index (χ4n) is 4.66. The minimum atomic E-state index is -5.08. The van der Waals surface area contributed by atoms with Crippen LogP contribution in [0.4, 0.5) is 13.2 Å². The van der Waals surface area contributed by atoms with E-state index >= 15 is 0 Å². The summed E-state index contributed by atoms with van der Waals surface area (Å²) in [5, 5.41) is 14.0. The summed E-state index contributed by atoms with van der Waals surface area (Å²) in [7, 11) is -2.56. The van der Waals surface area contributed by atoms with Gasteiger partial charge in [-0.15, -0.1) is 0 Å². The summed E-state index contributed by atoms with van der Waals surface area (Å²) in [4.78, 5) is 32.8. The first-order chi connectivity index (χ1) is 21.2. The molecule has 9 nitrogen and oxygen atoms in total. The van der Waals surface area contributed by atoms with E-state index in [4.69, 9.17) is 30.7 Å². The molecule has 0 unspecified atom stereocenters. The van der Waals surface area contributed by atoms with Crippen LogP contribution in [0.15, 0.2) is 76.7 Å². The Morgan fingerprint density at radius 2 is 1.53 bits per heavy atom. The van der Waals surface area contributed by atoms with Crippen LogP contribution in [0.3, 0.4) is 0 Å². The molecule has 2 aromatic heterocycles. The Kier molecular flexibility index (Phi) is 12.6. The van der Waals surface area contributed by atoms with Gasteiger partial charge in [-0.25, -0.2) is 14.8 Å². The molecule has 242 valence electrons. The van der Waals surface area contributed by atoms with E-state index in [1.807, 2.05) is 18.4 Å². The van der Waals surface area contributed by atoms with Crippen molar-refractivity contribution in [1.82, 2.24) is 20.3 Å². The smallest absolute Gasteiger partial charge is 0.476 e. The highest BCUT2D eigenvalue weighted by atomic mass is 35.5. The molecule has 0 saturated heterocycles. The van der Waals surface area contributed by atoms with E-state index in [-0.39, 0.29) is 21.6 Å². The summed E-state index contributed by atoms with van der Waals surface area (Å²) in [6.07, 6.45) is -3.24. The fraction of sp³-hybridized carbons (Fsp3) is 0.333.